The van der Waals surface area contributed by atoms with Crippen molar-refractivity contribution < 1.29 is 52.7 Å². The van der Waals surface area contributed by atoms with E-state index in [2.05, 4.69) is 0 Å². The van der Waals surface area contributed by atoms with Gasteiger partial charge in [0.2, 0.25) is 6.29 Å². The van der Waals surface area contributed by atoms with Gasteiger partial charge in [0.05, 0.1) is 12.5 Å². The summed E-state index contributed by atoms with van der Waals surface area (Å²) >= 11 is 0. The highest BCUT2D eigenvalue weighted by atomic mass is 16.8. The number of carbonyl (C=O) groups excluding carboxylic acids is 4. The van der Waals surface area contributed by atoms with Crippen molar-refractivity contribution in [2.45, 2.75) is 71.1 Å². The molecule has 12 heteroatoms. The Kier molecular flexibility index (Phi) is 9.46. The SMILES string of the molecule is CC(=O)OC[C@H]1O[C@H](O[C@H](O)CC#N)[C@@H](OC(C)=O)[C@@H](OC(C)=O)[C@@H]1OC(C)=O. The molecule has 0 aromatic heterocycles. The van der Waals surface area contributed by atoms with E-state index in [1.165, 1.54) is 0 Å². The van der Waals surface area contributed by atoms with E-state index < -0.39 is 73.9 Å². The number of ether oxygens (including phenoxy) is 6. The molecular formula is C17H23NO11. The average Bonchev–Trinajstić information content (AvgIpc) is 2.57. The maximum absolute atomic E-state index is 11.6. The monoisotopic (exact) mass is 417 g/mol. The molecule has 6 atom stereocenters. The van der Waals surface area contributed by atoms with Crippen LogP contribution in [-0.4, -0.2) is 72.6 Å². The summed E-state index contributed by atoms with van der Waals surface area (Å²) in [7, 11) is 0. The Morgan fingerprint density at radius 3 is 1.93 bits per heavy atom. The van der Waals surface area contributed by atoms with Gasteiger partial charge in [0, 0.05) is 27.7 Å². The second-order valence-corrected chi connectivity index (χ2v) is 6.02. The van der Waals surface area contributed by atoms with Crippen molar-refractivity contribution in [1.82, 2.24) is 0 Å². The zero-order chi connectivity index (χ0) is 22.1. The van der Waals surface area contributed by atoms with Gasteiger partial charge in [-0.15, -0.1) is 0 Å². The summed E-state index contributed by atoms with van der Waals surface area (Å²) in [5.41, 5.74) is 0. The van der Waals surface area contributed by atoms with Crippen molar-refractivity contribution in [2.24, 2.45) is 0 Å². The zero-order valence-corrected chi connectivity index (χ0v) is 16.4. The van der Waals surface area contributed by atoms with Gasteiger partial charge in [0.15, 0.2) is 24.6 Å². The molecule has 1 fully saturated rings. The van der Waals surface area contributed by atoms with Gasteiger partial charge in [-0.3, -0.25) is 19.2 Å². The van der Waals surface area contributed by atoms with Crippen LogP contribution in [0.4, 0.5) is 0 Å². The molecule has 1 aliphatic rings. The molecule has 1 saturated heterocycles. The van der Waals surface area contributed by atoms with Gasteiger partial charge in [0.25, 0.3) is 0 Å². The zero-order valence-electron chi connectivity index (χ0n) is 16.4. The van der Waals surface area contributed by atoms with E-state index in [4.69, 9.17) is 33.7 Å². The molecule has 0 unspecified atom stereocenters. The largest absolute Gasteiger partial charge is 0.463 e. The number of hydrogen-bond acceptors (Lipinski definition) is 12. The molecule has 0 saturated carbocycles. The summed E-state index contributed by atoms with van der Waals surface area (Å²) in [5.74, 6) is -3.04. The number of aliphatic hydroxyl groups is 1. The van der Waals surface area contributed by atoms with Crippen LogP contribution in [0, 0.1) is 11.3 Å². The number of nitriles is 1. The fourth-order valence-electron chi connectivity index (χ4n) is 2.58. The van der Waals surface area contributed by atoms with E-state index in [1.54, 1.807) is 6.07 Å². The first-order valence-electron chi connectivity index (χ1n) is 8.56. The highest BCUT2D eigenvalue weighted by Crippen LogP contribution is 2.30. The predicted molar refractivity (Wildman–Crippen MR) is 89.3 cm³/mol. The normalized spacial score (nSPS) is 27.1. The van der Waals surface area contributed by atoms with Crippen molar-refractivity contribution in [2.75, 3.05) is 6.61 Å². The first-order valence-corrected chi connectivity index (χ1v) is 8.56. The van der Waals surface area contributed by atoms with Crippen LogP contribution in [-0.2, 0) is 47.6 Å². The summed E-state index contributed by atoms with van der Waals surface area (Å²) in [5, 5.41) is 18.5. The lowest BCUT2D eigenvalue weighted by molar-refractivity contribution is -0.334. The van der Waals surface area contributed by atoms with E-state index in [9.17, 15) is 24.3 Å². The lowest BCUT2D eigenvalue weighted by Gasteiger charge is -2.44. The molecule has 0 spiro atoms. The summed E-state index contributed by atoms with van der Waals surface area (Å²) in [4.78, 5) is 45.9. The molecule has 29 heavy (non-hydrogen) atoms. The van der Waals surface area contributed by atoms with Crippen LogP contribution >= 0.6 is 0 Å². The van der Waals surface area contributed by atoms with Gasteiger partial charge in [-0.05, 0) is 0 Å². The van der Waals surface area contributed by atoms with E-state index in [-0.39, 0.29) is 0 Å². The summed E-state index contributed by atoms with van der Waals surface area (Å²) < 4.78 is 31.2. The van der Waals surface area contributed by atoms with Gasteiger partial charge < -0.3 is 33.5 Å². The molecule has 1 heterocycles. The third kappa shape index (κ3) is 8.02. The molecule has 1 aliphatic heterocycles. The van der Waals surface area contributed by atoms with Crippen molar-refractivity contribution in [3.63, 3.8) is 0 Å². The number of rotatable bonds is 8. The van der Waals surface area contributed by atoms with E-state index >= 15 is 0 Å². The van der Waals surface area contributed by atoms with Gasteiger partial charge in [0.1, 0.15) is 12.7 Å². The van der Waals surface area contributed by atoms with Gasteiger partial charge >= 0.3 is 23.9 Å². The van der Waals surface area contributed by atoms with E-state index in [0.29, 0.717) is 0 Å². The van der Waals surface area contributed by atoms with E-state index in [0.717, 1.165) is 27.7 Å². The number of nitrogens with zero attached hydrogens (tertiary/aromatic N) is 1. The smallest absolute Gasteiger partial charge is 0.303 e. The molecule has 0 radical (unpaired) electrons. The Labute approximate surface area is 166 Å². The minimum atomic E-state index is -1.62. The molecule has 0 amide bonds. The Balaban J connectivity index is 3.30. The molecule has 0 aromatic rings. The fraction of sp³-hybridized carbons (Fsp3) is 0.706. The van der Waals surface area contributed by atoms with E-state index in [1.807, 2.05) is 0 Å². The molecule has 1 N–H and O–H groups in total. The van der Waals surface area contributed by atoms with Crippen molar-refractivity contribution in [3.8, 4) is 6.07 Å². The Hall–Kier alpha value is -2.75. The van der Waals surface area contributed by atoms with Gasteiger partial charge in [-0.1, -0.05) is 0 Å². The fourth-order valence-corrected chi connectivity index (χ4v) is 2.58. The van der Waals surface area contributed by atoms with Crippen LogP contribution in [0.25, 0.3) is 0 Å². The van der Waals surface area contributed by atoms with Crippen LogP contribution in [0.1, 0.15) is 34.1 Å². The minimum absolute atomic E-state index is 0.425. The molecule has 0 aliphatic carbocycles. The summed E-state index contributed by atoms with van der Waals surface area (Å²) in [6.45, 7) is 3.95. The number of esters is 4. The molecule has 1 rings (SSSR count). The topological polar surface area (TPSA) is 168 Å². The highest BCUT2D eigenvalue weighted by Gasteiger charge is 2.53. The van der Waals surface area contributed by atoms with Crippen molar-refractivity contribution >= 4 is 23.9 Å². The predicted octanol–water partition coefficient (Wildman–Crippen LogP) is -0.682. The summed E-state index contributed by atoms with van der Waals surface area (Å²) in [6.07, 6.45) is -8.98. The Morgan fingerprint density at radius 1 is 0.931 bits per heavy atom. The second-order valence-electron chi connectivity index (χ2n) is 6.02. The Morgan fingerprint density at radius 2 is 1.45 bits per heavy atom. The van der Waals surface area contributed by atoms with Gasteiger partial charge in [-0.25, -0.2) is 0 Å². The highest BCUT2D eigenvalue weighted by molar-refractivity contribution is 5.68. The third-order valence-electron chi connectivity index (χ3n) is 3.51. The molecular weight excluding hydrogens is 394 g/mol. The van der Waals surface area contributed by atoms with Crippen LogP contribution < -0.4 is 0 Å². The maximum atomic E-state index is 11.6. The molecule has 162 valence electrons. The lowest BCUT2D eigenvalue weighted by Crippen LogP contribution is -2.63. The van der Waals surface area contributed by atoms with Crippen LogP contribution in [0.5, 0.6) is 0 Å². The third-order valence-corrected chi connectivity index (χ3v) is 3.51. The minimum Gasteiger partial charge on any atom is -0.463 e. The second kappa shape index (κ2) is 11.3. The van der Waals surface area contributed by atoms with Crippen molar-refractivity contribution in [1.29, 1.82) is 5.26 Å². The van der Waals surface area contributed by atoms with Crippen molar-refractivity contribution in [3.05, 3.63) is 0 Å². The standard InChI is InChI=1S/C17H23NO11/c1-8(19)24-7-12-14(25-9(2)20)15(26-10(3)21)16(27-11(4)22)17(28-12)29-13(23)5-6-18/h12-17,23H,5,7H2,1-4H3/t12-,13+,14-,15+,16+,17-/m1/s1. The quantitative estimate of drug-likeness (QED) is 0.300. The number of aliphatic hydroxyl groups excluding tert-OH is 1. The first kappa shape index (κ1) is 24.3. The summed E-state index contributed by atoms with van der Waals surface area (Å²) in [6, 6.07) is 1.68. The van der Waals surface area contributed by atoms with Crippen LogP contribution in [0.2, 0.25) is 0 Å². The molecule has 12 nitrogen and oxygen atoms in total. The van der Waals surface area contributed by atoms with Crippen LogP contribution in [0.15, 0.2) is 0 Å². The lowest BCUT2D eigenvalue weighted by atomic mass is 9.98. The maximum Gasteiger partial charge on any atom is 0.303 e. The first-order chi connectivity index (χ1) is 13.5. The molecule has 0 bridgehead atoms. The van der Waals surface area contributed by atoms with Crippen LogP contribution in [0.3, 0.4) is 0 Å². The van der Waals surface area contributed by atoms with Gasteiger partial charge in [-0.2, -0.15) is 5.26 Å². The molecule has 0 aromatic carbocycles. The average molecular weight is 417 g/mol. The number of carbonyl (C=O) groups is 4. The Bertz CT molecular complexity index is 658. The number of hydrogen-bond donors (Lipinski definition) is 1.